The van der Waals surface area contributed by atoms with E-state index >= 15 is 0 Å². The van der Waals surface area contributed by atoms with Crippen molar-refractivity contribution in [2.75, 3.05) is 0 Å². The monoisotopic (exact) mass is 430 g/mol. The van der Waals surface area contributed by atoms with Crippen LogP contribution in [0.2, 0.25) is 5.02 Å². The minimum Gasteiger partial charge on any atom is -0.481 e. The van der Waals surface area contributed by atoms with E-state index < -0.39 is 17.1 Å². The number of amidine groups is 1. The first-order valence-electron chi connectivity index (χ1n) is 8.47. The Balaban J connectivity index is 1.81. The van der Waals surface area contributed by atoms with Crippen molar-refractivity contribution in [2.45, 2.75) is 24.6 Å². The summed E-state index contributed by atoms with van der Waals surface area (Å²) in [5, 5.41) is 32.7. The molecule has 1 aromatic carbocycles. The fourth-order valence-corrected chi connectivity index (χ4v) is 3.57. The third kappa shape index (κ3) is 5.43. The molecule has 1 aliphatic rings. The summed E-state index contributed by atoms with van der Waals surface area (Å²) in [4.78, 5) is 22.5. The van der Waals surface area contributed by atoms with Crippen molar-refractivity contribution in [2.24, 2.45) is 10.2 Å². The second-order valence-corrected chi connectivity index (χ2v) is 7.58. The second kappa shape index (κ2) is 9.36. The van der Waals surface area contributed by atoms with Gasteiger partial charge in [0.15, 0.2) is 5.17 Å². The zero-order valence-electron chi connectivity index (χ0n) is 14.9. The molecule has 1 atom stereocenters. The molecule has 29 heavy (non-hydrogen) atoms. The minimum absolute atomic E-state index is 0.238. The number of hydrogen-bond donors (Lipinski definition) is 2. The van der Waals surface area contributed by atoms with E-state index in [0.717, 1.165) is 17.3 Å². The van der Waals surface area contributed by atoms with Crippen molar-refractivity contribution in [3.8, 4) is 17.3 Å². The summed E-state index contributed by atoms with van der Waals surface area (Å²) in [6.45, 7) is 0.433. The molecular formula is C18H15ClN6O3S. The Kier molecular flexibility index (Phi) is 6.64. The lowest BCUT2D eigenvalue weighted by atomic mass is 10.1. The van der Waals surface area contributed by atoms with Gasteiger partial charge in [0.25, 0.3) is 0 Å². The number of halogens is 1. The summed E-state index contributed by atoms with van der Waals surface area (Å²) in [6, 6.07) is 9.23. The average Bonchev–Trinajstić information content (AvgIpc) is 3.24. The Bertz CT molecular complexity index is 1030. The maximum absolute atomic E-state index is 11.7. The molecule has 11 heteroatoms. The van der Waals surface area contributed by atoms with Gasteiger partial charge in [-0.3, -0.25) is 14.3 Å². The number of rotatable bonds is 7. The number of benzene rings is 1. The number of nitriles is 1. The predicted octanol–water partition coefficient (Wildman–Crippen LogP) is 2.51. The highest BCUT2D eigenvalue weighted by atomic mass is 35.5. The van der Waals surface area contributed by atoms with Crippen LogP contribution in [-0.2, 0) is 16.1 Å². The summed E-state index contributed by atoms with van der Waals surface area (Å²) < 4.78 is 1.65. The maximum atomic E-state index is 11.7. The Morgan fingerprint density at radius 1 is 1.45 bits per heavy atom. The van der Waals surface area contributed by atoms with Gasteiger partial charge in [-0.1, -0.05) is 35.5 Å². The number of aromatic nitrogens is 2. The molecule has 0 saturated carbocycles. The quantitative estimate of drug-likeness (QED) is 0.512. The van der Waals surface area contributed by atoms with Gasteiger partial charge in [0, 0.05) is 22.3 Å². The van der Waals surface area contributed by atoms with Crippen LogP contribution in [0.15, 0.2) is 40.7 Å². The third-order valence-electron chi connectivity index (χ3n) is 3.84. The average molecular weight is 431 g/mol. The molecule has 1 aliphatic heterocycles. The minimum atomic E-state index is -1.06. The van der Waals surface area contributed by atoms with Crippen molar-refractivity contribution in [3.05, 3.63) is 41.0 Å². The molecule has 0 bridgehead atoms. The normalized spacial score (nSPS) is 17.6. The van der Waals surface area contributed by atoms with Crippen LogP contribution in [0.3, 0.4) is 0 Å². The van der Waals surface area contributed by atoms with Crippen LogP contribution in [0.25, 0.3) is 11.3 Å². The molecule has 0 radical (unpaired) electrons. The molecule has 2 aromatic rings. The smallest absolute Gasteiger partial charge is 0.305 e. The van der Waals surface area contributed by atoms with Gasteiger partial charge < -0.3 is 10.4 Å². The Morgan fingerprint density at radius 3 is 2.90 bits per heavy atom. The Morgan fingerprint density at radius 2 is 2.21 bits per heavy atom. The number of aryl methyl sites for hydroxylation is 1. The number of carboxylic acid groups (broad SMARTS) is 1. The standard InChI is InChI=1S/C18H15ClN6O3S/c19-13-4-2-11(3-5-13)16-12(10-25(24-16)7-1-6-20)9-21-23-18-22-17(28)14(29-18)8-15(26)27/h2-5,9-10,14H,1,7-8H2,(H,26,27)(H,22,23,28)/b21-9+. The number of thioether (sulfide) groups is 1. The molecule has 1 fully saturated rings. The highest BCUT2D eigenvalue weighted by molar-refractivity contribution is 8.15. The van der Waals surface area contributed by atoms with Crippen LogP contribution >= 0.6 is 23.4 Å². The molecule has 1 saturated heterocycles. The molecule has 1 unspecified atom stereocenters. The van der Waals surface area contributed by atoms with Crippen LogP contribution in [0.1, 0.15) is 18.4 Å². The fraction of sp³-hybridized carbons (Fsp3) is 0.222. The third-order valence-corrected chi connectivity index (χ3v) is 5.17. The molecule has 0 aliphatic carbocycles. The van der Waals surface area contributed by atoms with Crippen LogP contribution < -0.4 is 5.32 Å². The van der Waals surface area contributed by atoms with Gasteiger partial charge in [-0.2, -0.15) is 15.5 Å². The van der Waals surface area contributed by atoms with Crippen molar-refractivity contribution >= 4 is 46.6 Å². The topological polar surface area (TPSA) is 133 Å². The van der Waals surface area contributed by atoms with E-state index in [2.05, 4.69) is 26.7 Å². The molecule has 2 heterocycles. The fourth-order valence-electron chi connectivity index (χ4n) is 2.53. The zero-order chi connectivity index (χ0) is 20.8. The summed E-state index contributed by atoms with van der Waals surface area (Å²) in [7, 11) is 0. The van der Waals surface area contributed by atoms with Crippen molar-refractivity contribution in [1.82, 2.24) is 15.1 Å². The van der Waals surface area contributed by atoms with E-state index in [1.54, 1.807) is 23.0 Å². The van der Waals surface area contributed by atoms with Crippen molar-refractivity contribution < 1.29 is 14.7 Å². The number of aliphatic carboxylic acids is 1. The van der Waals surface area contributed by atoms with Crippen LogP contribution in [0.4, 0.5) is 0 Å². The number of carboxylic acids is 1. The van der Waals surface area contributed by atoms with E-state index in [0.29, 0.717) is 29.2 Å². The summed E-state index contributed by atoms with van der Waals surface area (Å²) >= 11 is 6.97. The van der Waals surface area contributed by atoms with Crippen molar-refractivity contribution in [3.63, 3.8) is 0 Å². The molecule has 0 spiro atoms. The Labute approximate surface area is 175 Å². The highest BCUT2D eigenvalue weighted by Gasteiger charge is 2.32. The van der Waals surface area contributed by atoms with Gasteiger partial charge >= 0.3 is 5.97 Å². The lowest BCUT2D eigenvalue weighted by Crippen LogP contribution is -2.26. The molecule has 2 N–H and O–H groups in total. The van der Waals surface area contributed by atoms with E-state index in [1.807, 2.05) is 12.1 Å². The lowest BCUT2D eigenvalue weighted by molar-refractivity contribution is -0.138. The SMILES string of the molecule is N#CCCn1cc(/C=N/N=C2/NC(=O)C(CC(=O)O)S2)c(-c2ccc(Cl)cc2)n1. The molecule has 3 rings (SSSR count). The lowest BCUT2D eigenvalue weighted by Gasteiger charge is -1.99. The van der Waals surface area contributed by atoms with Gasteiger partial charge in [-0.15, -0.1) is 5.10 Å². The van der Waals surface area contributed by atoms with Crippen LogP contribution in [0.5, 0.6) is 0 Å². The molecule has 1 aromatic heterocycles. The van der Waals surface area contributed by atoms with Gasteiger partial charge in [0.1, 0.15) is 10.9 Å². The second-order valence-electron chi connectivity index (χ2n) is 5.95. The van der Waals surface area contributed by atoms with E-state index in [9.17, 15) is 9.59 Å². The van der Waals surface area contributed by atoms with Gasteiger partial charge in [-0.05, 0) is 12.1 Å². The van der Waals surface area contributed by atoms with E-state index in [1.165, 1.54) is 6.21 Å². The number of nitrogens with zero attached hydrogens (tertiary/aromatic N) is 5. The highest BCUT2D eigenvalue weighted by Crippen LogP contribution is 2.24. The van der Waals surface area contributed by atoms with Crippen LogP contribution in [0, 0.1) is 11.3 Å². The summed E-state index contributed by atoms with van der Waals surface area (Å²) in [6.07, 6.45) is 3.27. The maximum Gasteiger partial charge on any atom is 0.305 e. The largest absolute Gasteiger partial charge is 0.481 e. The number of carbonyl (C=O) groups excluding carboxylic acids is 1. The molecule has 1 amide bonds. The summed E-state index contributed by atoms with van der Waals surface area (Å²) in [5.74, 6) is -1.46. The molecular weight excluding hydrogens is 416 g/mol. The van der Waals surface area contributed by atoms with Gasteiger partial charge in [0.2, 0.25) is 5.91 Å². The van der Waals surface area contributed by atoms with E-state index in [4.69, 9.17) is 22.0 Å². The summed E-state index contributed by atoms with van der Waals surface area (Å²) in [5.41, 5.74) is 2.14. The Hall–Kier alpha value is -3.16. The van der Waals surface area contributed by atoms with Crippen molar-refractivity contribution in [1.29, 1.82) is 5.26 Å². The number of hydrogen-bond acceptors (Lipinski definition) is 7. The molecule has 148 valence electrons. The first-order valence-corrected chi connectivity index (χ1v) is 9.72. The number of nitrogens with one attached hydrogen (secondary N) is 1. The number of amides is 1. The van der Waals surface area contributed by atoms with E-state index in [-0.39, 0.29) is 11.6 Å². The van der Waals surface area contributed by atoms with Gasteiger partial charge in [-0.25, -0.2) is 0 Å². The molecule has 9 nitrogen and oxygen atoms in total. The number of carbonyl (C=O) groups is 2. The first-order chi connectivity index (χ1) is 14.0. The van der Waals surface area contributed by atoms with Crippen LogP contribution in [-0.4, -0.2) is 43.4 Å². The predicted molar refractivity (Wildman–Crippen MR) is 110 cm³/mol. The zero-order valence-corrected chi connectivity index (χ0v) is 16.5. The first kappa shape index (κ1) is 20.6. The van der Waals surface area contributed by atoms with Gasteiger partial charge in [0.05, 0.1) is 31.7 Å².